The van der Waals surface area contributed by atoms with Crippen LogP contribution in [0.2, 0.25) is 0 Å². The molecule has 4 rings (SSSR count). The van der Waals surface area contributed by atoms with Gasteiger partial charge in [-0.15, -0.1) is 0 Å². The molecule has 1 spiro atoms. The van der Waals surface area contributed by atoms with Gasteiger partial charge in [0.15, 0.2) is 0 Å². The Kier molecular flexibility index (Phi) is 6.08. The SMILES string of the molecule is CN(C)C1CC12CCC(c1ccc(OCCCN3CCCCC3)cc1)CC2. The van der Waals surface area contributed by atoms with Crippen LogP contribution in [0.1, 0.15) is 69.3 Å². The van der Waals surface area contributed by atoms with E-state index in [1.807, 2.05) is 0 Å². The highest BCUT2D eigenvalue weighted by Crippen LogP contribution is 2.60. The molecule has 0 bridgehead atoms. The Hall–Kier alpha value is -1.06. The average Bonchev–Trinajstić information content (AvgIpc) is 3.41. The van der Waals surface area contributed by atoms with E-state index in [1.54, 1.807) is 0 Å². The van der Waals surface area contributed by atoms with Crippen molar-refractivity contribution in [2.24, 2.45) is 5.41 Å². The zero-order valence-electron chi connectivity index (χ0n) is 17.5. The van der Waals surface area contributed by atoms with Gasteiger partial charge in [-0.05, 0) is 108 Å². The summed E-state index contributed by atoms with van der Waals surface area (Å²) in [6.45, 7) is 4.60. The molecule has 1 saturated heterocycles. The summed E-state index contributed by atoms with van der Waals surface area (Å²) in [5.74, 6) is 1.80. The van der Waals surface area contributed by atoms with Gasteiger partial charge in [-0.3, -0.25) is 0 Å². The van der Waals surface area contributed by atoms with Crippen molar-refractivity contribution in [1.82, 2.24) is 9.80 Å². The van der Waals surface area contributed by atoms with Crippen molar-refractivity contribution in [3.8, 4) is 5.75 Å². The van der Waals surface area contributed by atoms with Gasteiger partial charge in [0.2, 0.25) is 0 Å². The molecule has 3 nitrogen and oxygen atoms in total. The fraction of sp³-hybridized carbons (Fsp3) is 0.750. The third kappa shape index (κ3) is 4.68. The van der Waals surface area contributed by atoms with E-state index in [0.717, 1.165) is 30.7 Å². The number of nitrogens with zero attached hydrogens (tertiary/aromatic N) is 2. The van der Waals surface area contributed by atoms with E-state index >= 15 is 0 Å². The molecule has 150 valence electrons. The number of likely N-dealkylation sites (tertiary alicyclic amines) is 1. The Morgan fingerprint density at radius 2 is 1.74 bits per heavy atom. The predicted octanol–water partition coefficient (Wildman–Crippen LogP) is 4.92. The van der Waals surface area contributed by atoms with Gasteiger partial charge in [0.05, 0.1) is 6.61 Å². The molecule has 0 amide bonds. The summed E-state index contributed by atoms with van der Waals surface area (Å²) in [6.07, 6.45) is 12.3. The summed E-state index contributed by atoms with van der Waals surface area (Å²) in [6, 6.07) is 9.87. The van der Waals surface area contributed by atoms with Crippen molar-refractivity contribution in [2.45, 2.75) is 69.7 Å². The average molecular weight is 371 g/mol. The Morgan fingerprint density at radius 3 is 2.37 bits per heavy atom. The van der Waals surface area contributed by atoms with E-state index in [-0.39, 0.29) is 0 Å². The Balaban J connectivity index is 1.18. The third-order valence-corrected chi connectivity index (χ3v) is 7.44. The summed E-state index contributed by atoms with van der Waals surface area (Å²) in [5, 5.41) is 0. The predicted molar refractivity (Wildman–Crippen MR) is 113 cm³/mol. The van der Waals surface area contributed by atoms with Crippen LogP contribution < -0.4 is 4.74 Å². The van der Waals surface area contributed by atoms with E-state index in [2.05, 4.69) is 48.2 Å². The van der Waals surface area contributed by atoms with Crippen LogP contribution in [0.4, 0.5) is 0 Å². The van der Waals surface area contributed by atoms with E-state index in [1.165, 1.54) is 76.6 Å². The fourth-order valence-corrected chi connectivity index (χ4v) is 5.62. The molecule has 1 atom stereocenters. The van der Waals surface area contributed by atoms with Crippen molar-refractivity contribution in [2.75, 3.05) is 40.3 Å². The second-order valence-corrected chi connectivity index (χ2v) is 9.49. The van der Waals surface area contributed by atoms with Gasteiger partial charge in [-0.25, -0.2) is 0 Å². The number of hydrogen-bond acceptors (Lipinski definition) is 3. The third-order valence-electron chi connectivity index (χ3n) is 7.44. The first-order valence-corrected chi connectivity index (χ1v) is 11.3. The Morgan fingerprint density at radius 1 is 1.04 bits per heavy atom. The molecule has 1 heterocycles. The van der Waals surface area contributed by atoms with E-state index < -0.39 is 0 Å². The smallest absolute Gasteiger partial charge is 0.119 e. The van der Waals surface area contributed by atoms with Gasteiger partial charge in [0, 0.05) is 12.6 Å². The van der Waals surface area contributed by atoms with Crippen LogP contribution in [-0.4, -0.2) is 56.2 Å². The molecule has 27 heavy (non-hydrogen) atoms. The van der Waals surface area contributed by atoms with Crippen LogP contribution in [0.15, 0.2) is 24.3 Å². The monoisotopic (exact) mass is 370 g/mol. The molecule has 1 aromatic rings. The molecule has 2 saturated carbocycles. The van der Waals surface area contributed by atoms with Gasteiger partial charge in [0.1, 0.15) is 5.75 Å². The van der Waals surface area contributed by atoms with Crippen molar-refractivity contribution in [3.05, 3.63) is 29.8 Å². The highest BCUT2D eigenvalue weighted by Gasteiger charge is 2.55. The lowest BCUT2D eigenvalue weighted by molar-refractivity contribution is 0.205. The van der Waals surface area contributed by atoms with Gasteiger partial charge in [0.25, 0.3) is 0 Å². The van der Waals surface area contributed by atoms with Gasteiger partial charge < -0.3 is 14.5 Å². The van der Waals surface area contributed by atoms with E-state index in [4.69, 9.17) is 4.74 Å². The molecule has 1 aliphatic heterocycles. The first kappa shape index (κ1) is 19.3. The highest BCUT2D eigenvalue weighted by atomic mass is 16.5. The minimum Gasteiger partial charge on any atom is -0.494 e. The van der Waals surface area contributed by atoms with Gasteiger partial charge in [-0.2, -0.15) is 0 Å². The van der Waals surface area contributed by atoms with Crippen LogP contribution in [0.3, 0.4) is 0 Å². The minimum absolute atomic E-state index is 0.664. The standard InChI is InChI=1S/C24H38N2O/c1-25(2)23-19-24(23)13-11-21(12-14-24)20-7-9-22(10-8-20)27-18-6-17-26-15-4-3-5-16-26/h7-10,21,23H,3-6,11-19H2,1-2H3. The van der Waals surface area contributed by atoms with Crippen LogP contribution in [0.25, 0.3) is 0 Å². The van der Waals surface area contributed by atoms with Gasteiger partial charge in [-0.1, -0.05) is 18.6 Å². The van der Waals surface area contributed by atoms with Crippen LogP contribution in [0, 0.1) is 5.41 Å². The summed E-state index contributed by atoms with van der Waals surface area (Å²) < 4.78 is 5.99. The molecular formula is C24H38N2O. The molecule has 2 aliphatic carbocycles. The molecule has 3 fully saturated rings. The lowest BCUT2D eigenvalue weighted by atomic mass is 9.76. The maximum atomic E-state index is 5.99. The lowest BCUT2D eigenvalue weighted by Crippen LogP contribution is -2.31. The maximum Gasteiger partial charge on any atom is 0.119 e. The Labute approximate surface area is 166 Å². The number of rotatable bonds is 7. The number of piperidine rings is 1. The normalized spacial score (nSPS) is 31.4. The summed E-state index contributed by atoms with van der Waals surface area (Å²) in [7, 11) is 4.49. The summed E-state index contributed by atoms with van der Waals surface area (Å²) >= 11 is 0. The van der Waals surface area contributed by atoms with Crippen LogP contribution >= 0.6 is 0 Å². The van der Waals surface area contributed by atoms with E-state index in [0.29, 0.717) is 5.41 Å². The van der Waals surface area contributed by atoms with Gasteiger partial charge >= 0.3 is 0 Å². The zero-order valence-corrected chi connectivity index (χ0v) is 17.5. The second kappa shape index (κ2) is 8.53. The molecule has 1 unspecified atom stereocenters. The first-order valence-electron chi connectivity index (χ1n) is 11.3. The molecule has 3 aliphatic rings. The quantitative estimate of drug-likeness (QED) is 0.634. The number of benzene rings is 1. The number of ether oxygens (including phenoxy) is 1. The Bertz CT molecular complexity index is 583. The lowest BCUT2D eigenvalue weighted by Gasteiger charge is -2.31. The number of hydrogen-bond donors (Lipinski definition) is 0. The molecule has 1 aromatic carbocycles. The van der Waals surface area contributed by atoms with Crippen LogP contribution in [0.5, 0.6) is 5.75 Å². The fourth-order valence-electron chi connectivity index (χ4n) is 5.62. The summed E-state index contributed by atoms with van der Waals surface area (Å²) in [4.78, 5) is 5.03. The largest absolute Gasteiger partial charge is 0.494 e. The second-order valence-electron chi connectivity index (χ2n) is 9.49. The van der Waals surface area contributed by atoms with Crippen molar-refractivity contribution in [3.63, 3.8) is 0 Å². The van der Waals surface area contributed by atoms with E-state index in [9.17, 15) is 0 Å². The first-order chi connectivity index (χ1) is 13.2. The topological polar surface area (TPSA) is 15.7 Å². The molecule has 0 aromatic heterocycles. The van der Waals surface area contributed by atoms with Crippen LogP contribution in [-0.2, 0) is 0 Å². The molecule has 0 radical (unpaired) electrons. The summed E-state index contributed by atoms with van der Waals surface area (Å²) in [5.41, 5.74) is 2.18. The van der Waals surface area contributed by atoms with Crippen molar-refractivity contribution >= 4 is 0 Å². The molecule has 3 heteroatoms. The van der Waals surface area contributed by atoms with Crippen molar-refractivity contribution in [1.29, 1.82) is 0 Å². The minimum atomic E-state index is 0.664. The molecular weight excluding hydrogens is 332 g/mol. The van der Waals surface area contributed by atoms with Crippen molar-refractivity contribution < 1.29 is 4.74 Å². The molecule has 0 N–H and O–H groups in total. The zero-order chi connectivity index (χ0) is 18.7. The highest BCUT2D eigenvalue weighted by molar-refractivity contribution is 5.30. The maximum absolute atomic E-state index is 5.99.